The van der Waals surface area contributed by atoms with Crippen LogP contribution in [-0.4, -0.2) is 22.1 Å². The number of aromatic nitrogens is 2. The van der Waals surface area contributed by atoms with Crippen molar-refractivity contribution in [3.8, 4) is 0 Å². The maximum atomic E-state index is 12.1. The number of para-hydroxylation sites is 1. The molecule has 1 aromatic carbocycles. The van der Waals surface area contributed by atoms with Crippen molar-refractivity contribution in [3.05, 3.63) is 41.5 Å². The SMILES string of the molecule is Nc1ccccc1CCc1nc(CC(=O)NC2CCCCC2)no1. The average Bonchev–Trinajstić information content (AvgIpc) is 3.02. The third-order valence-electron chi connectivity index (χ3n) is 4.46. The summed E-state index contributed by atoms with van der Waals surface area (Å²) in [5.41, 5.74) is 7.76. The van der Waals surface area contributed by atoms with Gasteiger partial charge in [-0.05, 0) is 30.9 Å². The summed E-state index contributed by atoms with van der Waals surface area (Å²) >= 11 is 0. The van der Waals surface area contributed by atoms with Crippen molar-refractivity contribution in [1.82, 2.24) is 15.5 Å². The largest absolute Gasteiger partial charge is 0.399 e. The molecule has 1 saturated carbocycles. The van der Waals surface area contributed by atoms with Crippen molar-refractivity contribution in [2.75, 3.05) is 5.73 Å². The Balaban J connectivity index is 1.48. The van der Waals surface area contributed by atoms with Gasteiger partial charge in [-0.15, -0.1) is 0 Å². The monoisotopic (exact) mass is 328 g/mol. The van der Waals surface area contributed by atoms with Gasteiger partial charge in [-0.1, -0.05) is 42.6 Å². The van der Waals surface area contributed by atoms with Gasteiger partial charge in [0.05, 0.1) is 6.42 Å². The number of nitrogens with zero attached hydrogens (tertiary/aromatic N) is 2. The zero-order chi connectivity index (χ0) is 16.8. The first kappa shape index (κ1) is 16.5. The standard InChI is InChI=1S/C18H24N4O2/c19-15-9-5-4-6-13(15)10-11-18-21-16(22-24-18)12-17(23)20-14-7-2-1-3-8-14/h4-6,9,14H,1-3,7-8,10-12,19H2,(H,20,23). The molecule has 6 nitrogen and oxygen atoms in total. The molecule has 0 spiro atoms. The van der Waals surface area contributed by atoms with Crippen LogP contribution in [-0.2, 0) is 24.1 Å². The van der Waals surface area contributed by atoms with Crippen molar-refractivity contribution < 1.29 is 9.32 Å². The molecular weight excluding hydrogens is 304 g/mol. The van der Waals surface area contributed by atoms with Gasteiger partial charge in [0.25, 0.3) is 0 Å². The number of anilines is 1. The van der Waals surface area contributed by atoms with E-state index in [9.17, 15) is 4.79 Å². The Morgan fingerprint density at radius 3 is 2.79 bits per heavy atom. The van der Waals surface area contributed by atoms with Gasteiger partial charge in [0.1, 0.15) is 0 Å². The number of nitrogen functional groups attached to an aromatic ring is 1. The maximum absolute atomic E-state index is 12.1. The Morgan fingerprint density at radius 1 is 1.21 bits per heavy atom. The molecule has 0 aliphatic heterocycles. The van der Waals surface area contributed by atoms with Crippen LogP contribution in [0.2, 0.25) is 0 Å². The van der Waals surface area contributed by atoms with Crippen molar-refractivity contribution in [2.45, 2.75) is 57.4 Å². The third-order valence-corrected chi connectivity index (χ3v) is 4.46. The van der Waals surface area contributed by atoms with Crippen LogP contribution in [0.4, 0.5) is 5.69 Å². The number of hydrogen-bond acceptors (Lipinski definition) is 5. The number of hydrogen-bond donors (Lipinski definition) is 2. The highest BCUT2D eigenvalue weighted by atomic mass is 16.5. The molecule has 1 amide bonds. The Morgan fingerprint density at radius 2 is 2.00 bits per heavy atom. The summed E-state index contributed by atoms with van der Waals surface area (Å²) in [5, 5.41) is 6.97. The van der Waals surface area contributed by atoms with Crippen LogP contribution in [0.3, 0.4) is 0 Å². The number of amides is 1. The molecule has 1 aromatic heterocycles. The summed E-state index contributed by atoms with van der Waals surface area (Å²) in [5.74, 6) is 0.958. The molecule has 3 rings (SSSR count). The van der Waals surface area contributed by atoms with Gasteiger partial charge in [0.15, 0.2) is 5.82 Å². The van der Waals surface area contributed by atoms with E-state index in [1.165, 1.54) is 19.3 Å². The van der Waals surface area contributed by atoms with Crippen molar-refractivity contribution >= 4 is 11.6 Å². The Bertz CT molecular complexity index is 677. The second-order valence-corrected chi connectivity index (χ2v) is 6.38. The summed E-state index contributed by atoms with van der Waals surface area (Å²) in [6.45, 7) is 0. The summed E-state index contributed by atoms with van der Waals surface area (Å²) < 4.78 is 5.24. The molecule has 0 radical (unpaired) electrons. The fourth-order valence-corrected chi connectivity index (χ4v) is 3.14. The molecule has 3 N–H and O–H groups in total. The molecule has 0 saturated heterocycles. The van der Waals surface area contributed by atoms with Crippen LogP contribution in [0.25, 0.3) is 0 Å². The number of rotatable bonds is 6. The van der Waals surface area contributed by atoms with E-state index in [1.54, 1.807) is 0 Å². The zero-order valence-corrected chi connectivity index (χ0v) is 13.8. The second kappa shape index (κ2) is 7.95. The lowest BCUT2D eigenvalue weighted by Crippen LogP contribution is -2.37. The molecule has 1 aliphatic carbocycles. The topological polar surface area (TPSA) is 94.0 Å². The maximum Gasteiger partial charge on any atom is 0.228 e. The first-order chi connectivity index (χ1) is 11.7. The van der Waals surface area contributed by atoms with E-state index in [0.29, 0.717) is 24.2 Å². The predicted molar refractivity (Wildman–Crippen MR) is 91.3 cm³/mol. The molecule has 24 heavy (non-hydrogen) atoms. The summed E-state index contributed by atoms with van der Waals surface area (Å²) in [4.78, 5) is 16.4. The van der Waals surface area contributed by atoms with E-state index >= 15 is 0 Å². The highest BCUT2D eigenvalue weighted by Gasteiger charge is 2.17. The molecule has 0 atom stereocenters. The number of nitrogens with two attached hydrogens (primary N) is 1. The van der Waals surface area contributed by atoms with Gasteiger partial charge >= 0.3 is 0 Å². The fraction of sp³-hybridized carbons (Fsp3) is 0.500. The van der Waals surface area contributed by atoms with Crippen LogP contribution in [0, 0.1) is 0 Å². The molecule has 128 valence electrons. The lowest BCUT2D eigenvalue weighted by atomic mass is 9.95. The minimum absolute atomic E-state index is 0.0263. The molecule has 2 aromatic rings. The molecule has 1 heterocycles. The fourth-order valence-electron chi connectivity index (χ4n) is 3.14. The zero-order valence-electron chi connectivity index (χ0n) is 13.8. The second-order valence-electron chi connectivity index (χ2n) is 6.38. The van der Waals surface area contributed by atoms with E-state index < -0.39 is 0 Å². The van der Waals surface area contributed by atoms with E-state index in [0.717, 1.165) is 30.5 Å². The van der Waals surface area contributed by atoms with E-state index in [2.05, 4.69) is 15.5 Å². The van der Waals surface area contributed by atoms with Crippen molar-refractivity contribution in [1.29, 1.82) is 0 Å². The number of aryl methyl sites for hydroxylation is 2. The summed E-state index contributed by atoms with van der Waals surface area (Å²) in [6, 6.07) is 8.04. The third kappa shape index (κ3) is 4.57. The molecule has 0 bridgehead atoms. The Kier molecular flexibility index (Phi) is 5.46. The van der Waals surface area contributed by atoms with Crippen molar-refractivity contribution in [2.24, 2.45) is 0 Å². The van der Waals surface area contributed by atoms with E-state index in [-0.39, 0.29) is 12.3 Å². The first-order valence-electron chi connectivity index (χ1n) is 8.65. The summed E-state index contributed by atoms with van der Waals surface area (Å²) in [6.07, 6.45) is 7.33. The molecule has 1 fully saturated rings. The predicted octanol–water partition coefficient (Wildman–Crippen LogP) is 2.43. The molecular formula is C18H24N4O2. The molecule has 1 aliphatic rings. The van der Waals surface area contributed by atoms with Gasteiger partial charge < -0.3 is 15.6 Å². The summed E-state index contributed by atoms with van der Waals surface area (Å²) in [7, 11) is 0. The Labute approximate surface area is 141 Å². The first-order valence-corrected chi connectivity index (χ1v) is 8.65. The highest BCUT2D eigenvalue weighted by Crippen LogP contribution is 2.17. The van der Waals surface area contributed by atoms with E-state index in [4.69, 9.17) is 10.3 Å². The van der Waals surface area contributed by atoms with Crippen LogP contribution in [0.1, 0.15) is 49.4 Å². The number of benzene rings is 1. The Hall–Kier alpha value is -2.37. The van der Waals surface area contributed by atoms with Gasteiger partial charge in [0.2, 0.25) is 11.8 Å². The quantitative estimate of drug-likeness (QED) is 0.794. The molecule has 6 heteroatoms. The normalized spacial score (nSPS) is 15.3. The minimum atomic E-state index is -0.0263. The van der Waals surface area contributed by atoms with Gasteiger partial charge in [-0.25, -0.2) is 0 Å². The lowest BCUT2D eigenvalue weighted by molar-refractivity contribution is -0.121. The number of nitrogens with one attached hydrogen (secondary N) is 1. The van der Waals surface area contributed by atoms with E-state index in [1.807, 2.05) is 24.3 Å². The lowest BCUT2D eigenvalue weighted by Gasteiger charge is -2.22. The van der Waals surface area contributed by atoms with Crippen LogP contribution in [0.15, 0.2) is 28.8 Å². The number of carbonyl (C=O) groups excluding carboxylic acids is 1. The van der Waals surface area contributed by atoms with Crippen molar-refractivity contribution in [3.63, 3.8) is 0 Å². The average molecular weight is 328 g/mol. The minimum Gasteiger partial charge on any atom is -0.399 e. The van der Waals surface area contributed by atoms with Crippen LogP contribution >= 0.6 is 0 Å². The molecule has 0 unspecified atom stereocenters. The van der Waals surface area contributed by atoms with Gasteiger partial charge in [0, 0.05) is 18.2 Å². The smallest absolute Gasteiger partial charge is 0.228 e. The van der Waals surface area contributed by atoms with Crippen LogP contribution in [0.5, 0.6) is 0 Å². The van der Waals surface area contributed by atoms with Crippen LogP contribution < -0.4 is 11.1 Å². The highest BCUT2D eigenvalue weighted by molar-refractivity contribution is 5.78. The van der Waals surface area contributed by atoms with Gasteiger partial charge in [-0.2, -0.15) is 4.98 Å². The van der Waals surface area contributed by atoms with Gasteiger partial charge in [-0.3, -0.25) is 4.79 Å². The number of carbonyl (C=O) groups is 1.